The van der Waals surface area contributed by atoms with E-state index in [9.17, 15) is 9.59 Å². The van der Waals surface area contributed by atoms with Gasteiger partial charge in [-0.15, -0.1) is 0 Å². The first kappa shape index (κ1) is 22.1. The Morgan fingerprint density at radius 3 is 1.75 bits per heavy atom. The largest absolute Gasteiger partial charge is 0.299 e. The summed E-state index contributed by atoms with van der Waals surface area (Å²) >= 11 is 0. The van der Waals surface area contributed by atoms with Crippen LogP contribution in [0.5, 0.6) is 0 Å². The molecule has 0 spiro atoms. The minimum Gasteiger partial charge on any atom is -0.299 e. The van der Waals surface area contributed by atoms with Gasteiger partial charge in [0.15, 0.2) is 5.78 Å². The van der Waals surface area contributed by atoms with Crippen LogP contribution in [0, 0.1) is 0 Å². The van der Waals surface area contributed by atoms with Crippen molar-refractivity contribution in [1.29, 1.82) is 0 Å². The molecule has 1 unspecified atom stereocenters. The number of Topliss-reactive ketones (excluding diaryl/α,β-unsaturated/α-hetero) is 2. The first-order valence-corrected chi connectivity index (χ1v) is 10.9. The minimum atomic E-state index is -0.683. The number of benzene rings is 2. The maximum atomic E-state index is 13.0. The Kier molecular flexibility index (Phi) is 10.3. The molecule has 0 bridgehead atoms. The monoisotopic (exact) mass is 378 g/mol. The lowest BCUT2D eigenvalue weighted by atomic mass is 9.85. The van der Waals surface area contributed by atoms with Gasteiger partial charge in [-0.2, -0.15) is 0 Å². The van der Waals surface area contributed by atoms with E-state index < -0.39 is 5.92 Å². The van der Waals surface area contributed by atoms with E-state index in [1.807, 2.05) is 48.5 Å². The van der Waals surface area contributed by atoms with Crippen LogP contribution < -0.4 is 0 Å². The Morgan fingerprint density at radius 1 is 0.679 bits per heavy atom. The van der Waals surface area contributed by atoms with Gasteiger partial charge in [-0.25, -0.2) is 0 Å². The topological polar surface area (TPSA) is 34.1 Å². The quantitative estimate of drug-likeness (QED) is 0.199. The van der Waals surface area contributed by atoms with Crippen molar-refractivity contribution in [2.45, 2.75) is 77.0 Å². The molecule has 0 saturated heterocycles. The first-order chi connectivity index (χ1) is 13.7. The standard InChI is InChI=1S/C26H34O2/c1-2-3-4-5-6-7-8-9-16-21-24(27)25(22-17-12-10-13-18-22)26(28)23-19-14-11-15-20-23/h10-15,17-20,25H,2-9,16,21H2,1H3. The fraction of sp³-hybridized carbons (Fsp3) is 0.462. The highest BCUT2D eigenvalue weighted by molar-refractivity contribution is 6.14. The number of unbranched alkanes of at least 4 members (excludes halogenated alkanes) is 8. The third-order valence-corrected chi connectivity index (χ3v) is 5.30. The van der Waals surface area contributed by atoms with E-state index >= 15 is 0 Å². The molecule has 2 nitrogen and oxygen atoms in total. The second kappa shape index (κ2) is 13.0. The fourth-order valence-electron chi connectivity index (χ4n) is 3.65. The van der Waals surface area contributed by atoms with Crippen LogP contribution in [-0.2, 0) is 4.79 Å². The van der Waals surface area contributed by atoms with Gasteiger partial charge in [-0.3, -0.25) is 9.59 Å². The van der Waals surface area contributed by atoms with E-state index in [0.717, 1.165) is 18.4 Å². The van der Waals surface area contributed by atoms with Crippen LogP contribution in [0.3, 0.4) is 0 Å². The summed E-state index contributed by atoms with van der Waals surface area (Å²) in [6.07, 6.45) is 11.5. The normalized spacial score (nSPS) is 11.9. The summed E-state index contributed by atoms with van der Waals surface area (Å²) in [5.74, 6) is -0.728. The third-order valence-electron chi connectivity index (χ3n) is 5.30. The van der Waals surface area contributed by atoms with Gasteiger partial charge in [0.1, 0.15) is 11.7 Å². The summed E-state index contributed by atoms with van der Waals surface area (Å²) in [5.41, 5.74) is 1.41. The van der Waals surface area contributed by atoms with Crippen molar-refractivity contribution in [1.82, 2.24) is 0 Å². The Balaban J connectivity index is 1.86. The van der Waals surface area contributed by atoms with Crippen LogP contribution in [0.15, 0.2) is 60.7 Å². The van der Waals surface area contributed by atoms with Crippen molar-refractivity contribution in [2.24, 2.45) is 0 Å². The predicted octanol–water partition coefficient (Wildman–Crippen LogP) is 7.14. The zero-order chi connectivity index (χ0) is 20.0. The summed E-state index contributed by atoms with van der Waals surface area (Å²) in [7, 11) is 0. The van der Waals surface area contributed by atoms with E-state index in [1.54, 1.807) is 12.1 Å². The highest BCUT2D eigenvalue weighted by atomic mass is 16.1. The average Bonchev–Trinajstić information content (AvgIpc) is 2.74. The van der Waals surface area contributed by atoms with Gasteiger partial charge in [-0.05, 0) is 12.0 Å². The van der Waals surface area contributed by atoms with Crippen LogP contribution >= 0.6 is 0 Å². The molecule has 0 aliphatic rings. The van der Waals surface area contributed by atoms with Gasteiger partial charge in [0.2, 0.25) is 0 Å². The summed E-state index contributed by atoms with van der Waals surface area (Å²) in [6.45, 7) is 2.24. The highest BCUT2D eigenvalue weighted by Gasteiger charge is 2.28. The molecule has 0 aliphatic carbocycles. The van der Waals surface area contributed by atoms with Gasteiger partial charge < -0.3 is 0 Å². The van der Waals surface area contributed by atoms with Crippen molar-refractivity contribution < 1.29 is 9.59 Å². The van der Waals surface area contributed by atoms with Crippen LogP contribution in [0.25, 0.3) is 0 Å². The smallest absolute Gasteiger partial charge is 0.177 e. The van der Waals surface area contributed by atoms with Gasteiger partial charge in [0.05, 0.1) is 0 Å². The number of hydrogen-bond donors (Lipinski definition) is 0. The van der Waals surface area contributed by atoms with Gasteiger partial charge >= 0.3 is 0 Å². The Bertz CT molecular complexity index is 691. The lowest BCUT2D eigenvalue weighted by molar-refractivity contribution is -0.119. The van der Waals surface area contributed by atoms with Crippen molar-refractivity contribution >= 4 is 11.6 Å². The highest BCUT2D eigenvalue weighted by Crippen LogP contribution is 2.24. The molecule has 0 heterocycles. The molecular weight excluding hydrogens is 344 g/mol. The molecule has 0 aromatic heterocycles. The van der Waals surface area contributed by atoms with E-state index in [-0.39, 0.29) is 11.6 Å². The maximum absolute atomic E-state index is 13.0. The number of rotatable bonds is 14. The Hall–Kier alpha value is -2.22. The number of hydrogen-bond acceptors (Lipinski definition) is 2. The number of carbonyl (C=O) groups excluding carboxylic acids is 2. The van der Waals surface area contributed by atoms with Gasteiger partial charge in [0, 0.05) is 12.0 Å². The molecule has 0 amide bonds. The van der Waals surface area contributed by atoms with Crippen LogP contribution in [0.1, 0.15) is 93.0 Å². The molecule has 0 radical (unpaired) electrons. The Morgan fingerprint density at radius 2 is 1.18 bits per heavy atom. The second-order valence-corrected chi connectivity index (χ2v) is 7.62. The predicted molar refractivity (Wildman–Crippen MR) is 117 cm³/mol. The van der Waals surface area contributed by atoms with Crippen molar-refractivity contribution in [3.05, 3.63) is 71.8 Å². The van der Waals surface area contributed by atoms with Crippen molar-refractivity contribution in [3.63, 3.8) is 0 Å². The molecule has 0 fully saturated rings. The molecule has 150 valence electrons. The second-order valence-electron chi connectivity index (χ2n) is 7.62. The minimum absolute atomic E-state index is 0.0444. The fourth-order valence-corrected chi connectivity index (χ4v) is 3.65. The molecule has 0 aliphatic heterocycles. The molecule has 28 heavy (non-hydrogen) atoms. The first-order valence-electron chi connectivity index (χ1n) is 10.9. The number of ketones is 2. The molecule has 2 heteroatoms. The zero-order valence-electron chi connectivity index (χ0n) is 17.2. The van der Waals surface area contributed by atoms with Crippen LogP contribution in [0.2, 0.25) is 0 Å². The molecule has 2 rings (SSSR count). The Labute approximate surface area is 170 Å². The molecule has 0 N–H and O–H groups in total. The molecule has 2 aromatic carbocycles. The lowest BCUT2D eigenvalue weighted by Crippen LogP contribution is -2.22. The van der Waals surface area contributed by atoms with E-state index in [2.05, 4.69) is 6.92 Å². The summed E-state index contributed by atoms with van der Waals surface area (Å²) in [6, 6.07) is 18.7. The molecule has 0 saturated carbocycles. The van der Waals surface area contributed by atoms with Crippen molar-refractivity contribution in [2.75, 3.05) is 0 Å². The van der Waals surface area contributed by atoms with Crippen LogP contribution in [-0.4, -0.2) is 11.6 Å². The third kappa shape index (κ3) is 7.42. The SMILES string of the molecule is CCCCCCCCCCCC(=O)C(C(=O)c1ccccc1)c1ccccc1. The van der Waals surface area contributed by atoms with E-state index in [0.29, 0.717) is 12.0 Å². The maximum Gasteiger partial charge on any atom is 0.177 e. The average molecular weight is 379 g/mol. The zero-order valence-corrected chi connectivity index (χ0v) is 17.2. The van der Waals surface area contributed by atoms with E-state index in [4.69, 9.17) is 0 Å². The number of carbonyl (C=O) groups is 2. The molecule has 1 atom stereocenters. The lowest BCUT2D eigenvalue weighted by Gasteiger charge is -2.15. The molecular formula is C26H34O2. The molecule has 2 aromatic rings. The van der Waals surface area contributed by atoms with Gasteiger partial charge in [-0.1, -0.05) is 119 Å². The van der Waals surface area contributed by atoms with Crippen molar-refractivity contribution in [3.8, 4) is 0 Å². The summed E-state index contributed by atoms with van der Waals surface area (Å²) in [5, 5.41) is 0. The summed E-state index contributed by atoms with van der Waals surface area (Å²) in [4.78, 5) is 26.0. The van der Waals surface area contributed by atoms with E-state index in [1.165, 1.54) is 44.9 Å². The summed E-state index contributed by atoms with van der Waals surface area (Å²) < 4.78 is 0. The van der Waals surface area contributed by atoms with Gasteiger partial charge in [0.25, 0.3) is 0 Å². The van der Waals surface area contributed by atoms with Crippen LogP contribution in [0.4, 0.5) is 0 Å².